The Bertz CT molecular complexity index is 713. The molecule has 132 valence electrons. The van der Waals surface area contributed by atoms with Crippen molar-refractivity contribution in [3.05, 3.63) is 46.4 Å². The van der Waals surface area contributed by atoms with Gasteiger partial charge in [0, 0.05) is 36.9 Å². The summed E-state index contributed by atoms with van der Waals surface area (Å²) in [5.41, 5.74) is 1.83. The highest BCUT2D eigenvalue weighted by molar-refractivity contribution is 7.09. The maximum absolute atomic E-state index is 13.4. The van der Waals surface area contributed by atoms with Crippen molar-refractivity contribution in [1.29, 1.82) is 0 Å². The quantitative estimate of drug-likeness (QED) is 0.845. The molecule has 2 aliphatic rings. The minimum absolute atomic E-state index is 0.110. The Hall–Kier alpha value is -1.92. The number of benzene rings is 1. The highest BCUT2D eigenvalue weighted by Crippen LogP contribution is 2.34. The Balaban J connectivity index is 1.63. The van der Waals surface area contributed by atoms with Gasteiger partial charge in [-0.25, -0.2) is 4.98 Å². The fourth-order valence-corrected chi connectivity index (χ4v) is 4.50. The lowest BCUT2D eigenvalue weighted by molar-refractivity contribution is 0.0611. The van der Waals surface area contributed by atoms with Gasteiger partial charge in [0.2, 0.25) is 0 Å². The van der Waals surface area contributed by atoms with Crippen molar-refractivity contribution in [2.75, 3.05) is 37.7 Å². The molecular formula is C19H23N3O2S. The second-order valence-electron chi connectivity index (χ2n) is 6.50. The molecule has 3 heterocycles. The Morgan fingerprint density at radius 3 is 2.80 bits per heavy atom. The summed E-state index contributed by atoms with van der Waals surface area (Å²) in [5, 5.41) is 3.05. The number of ether oxygens (including phenoxy) is 1. The summed E-state index contributed by atoms with van der Waals surface area (Å²) in [7, 11) is 0. The van der Waals surface area contributed by atoms with E-state index in [2.05, 4.69) is 16.0 Å². The zero-order valence-electron chi connectivity index (χ0n) is 14.3. The predicted octanol–water partition coefficient (Wildman–Crippen LogP) is 3.35. The number of amides is 1. The Kier molecular flexibility index (Phi) is 4.99. The lowest BCUT2D eigenvalue weighted by Gasteiger charge is -2.36. The smallest absolute Gasteiger partial charge is 0.256 e. The molecule has 0 bridgehead atoms. The topological polar surface area (TPSA) is 45.7 Å². The lowest BCUT2D eigenvalue weighted by Crippen LogP contribution is -2.41. The predicted molar refractivity (Wildman–Crippen MR) is 99.2 cm³/mol. The SMILES string of the molecule is O=C(c1ccccc1N1CCOCC1)N1CCCCC1c1nccs1. The average Bonchev–Trinajstić information content (AvgIpc) is 3.23. The van der Waals surface area contributed by atoms with Gasteiger partial charge in [-0.3, -0.25) is 4.79 Å². The van der Waals surface area contributed by atoms with Crippen molar-refractivity contribution < 1.29 is 9.53 Å². The van der Waals surface area contributed by atoms with Gasteiger partial charge in [-0.05, 0) is 31.4 Å². The molecule has 2 saturated heterocycles. The van der Waals surface area contributed by atoms with E-state index in [0.29, 0.717) is 13.2 Å². The van der Waals surface area contributed by atoms with Crippen LogP contribution in [0.25, 0.3) is 0 Å². The number of nitrogens with zero attached hydrogens (tertiary/aromatic N) is 3. The molecule has 25 heavy (non-hydrogen) atoms. The first-order chi connectivity index (χ1) is 12.3. The van der Waals surface area contributed by atoms with Gasteiger partial charge < -0.3 is 14.5 Å². The minimum atomic E-state index is 0.110. The van der Waals surface area contributed by atoms with Gasteiger partial charge in [-0.15, -0.1) is 11.3 Å². The molecule has 0 saturated carbocycles. The van der Waals surface area contributed by atoms with E-state index in [-0.39, 0.29) is 11.9 Å². The number of carbonyl (C=O) groups excluding carboxylic acids is 1. The van der Waals surface area contributed by atoms with Crippen LogP contribution in [0.15, 0.2) is 35.8 Å². The highest BCUT2D eigenvalue weighted by atomic mass is 32.1. The number of rotatable bonds is 3. The number of morpholine rings is 1. The Morgan fingerprint density at radius 2 is 2.00 bits per heavy atom. The number of hydrogen-bond acceptors (Lipinski definition) is 5. The van der Waals surface area contributed by atoms with Gasteiger partial charge in [-0.2, -0.15) is 0 Å². The van der Waals surface area contributed by atoms with Crippen LogP contribution in [-0.2, 0) is 4.74 Å². The van der Waals surface area contributed by atoms with Crippen LogP contribution < -0.4 is 4.90 Å². The third-order valence-corrected chi connectivity index (χ3v) is 5.86. The molecule has 6 heteroatoms. The highest BCUT2D eigenvalue weighted by Gasteiger charge is 2.32. The molecule has 2 aliphatic heterocycles. The maximum atomic E-state index is 13.4. The van der Waals surface area contributed by atoms with E-state index < -0.39 is 0 Å². The summed E-state index contributed by atoms with van der Waals surface area (Å²) >= 11 is 1.65. The molecule has 4 rings (SSSR count). The number of hydrogen-bond donors (Lipinski definition) is 0. The first kappa shape index (κ1) is 16.5. The van der Waals surface area contributed by atoms with Crippen molar-refractivity contribution in [3.63, 3.8) is 0 Å². The number of piperidine rings is 1. The molecule has 1 aromatic heterocycles. The van der Waals surface area contributed by atoms with E-state index in [4.69, 9.17) is 4.74 Å². The van der Waals surface area contributed by atoms with Crippen molar-refractivity contribution in [3.8, 4) is 0 Å². The van der Waals surface area contributed by atoms with Gasteiger partial charge in [0.15, 0.2) is 0 Å². The number of aromatic nitrogens is 1. The van der Waals surface area contributed by atoms with Crippen LogP contribution in [-0.4, -0.2) is 48.6 Å². The van der Waals surface area contributed by atoms with Crippen molar-refractivity contribution in [1.82, 2.24) is 9.88 Å². The van der Waals surface area contributed by atoms with Gasteiger partial charge in [0.05, 0.1) is 24.8 Å². The standard InChI is InChI=1S/C19H23N3O2S/c23-19(22-9-4-3-7-17(22)18-20-8-14-25-18)15-5-1-2-6-16(15)21-10-12-24-13-11-21/h1-2,5-6,8,14,17H,3-4,7,9-13H2. The van der Waals surface area contributed by atoms with E-state index in [1.165, 1.54) is 0 Å². The third kappa shape index (κ3) is 3.41. The largest absolute Gasteiger partial charge is 0.378 e. The Morgan fingerprint density at radius 1 is 1.16 bits per heavy atom. The zero-order chi connectivity index (χ0) is 17.1. The fraction of sp³-hybridized carbons (Fsp3) is 0.474. The molecule has 1 unspecified atom stereocenters. The Labute approximate surface area is 152 Å². The second-order valence-corrected chi connectivity index (χ2v) is 7.42. The summed E-state index contributed by atoms with van der Waals surface area (Å²) in [5.74, 6) is 0.127. The summed E-state index contributed by atoms with van der Waals surface area (Å²) in [4.78, 5) is 22.2. The molecule has 1 atom stereocenters. The van der Waals surface area contributed by atoms with E-state index >= 15 is 0 Å². The van der Waals surface area contributed by atoms with Crippen molar-refractivity contribution >= 4 is 22.9 Å². The number of carbonyl (C=O) groups is 1. The van der Waals surface area contributed by atoms with Crippen LogP contribution >= 0.6 is 11.3 Å². The monoisotopic (exact) mass is 357 g/mol. The first-order valence-electron chi connectivity index (χ1n) is 8.96. The fourth-order valence-electron chi connectivity index (χ4n) is 3.72. The zero-order valence-corrected chi connectivity index (χ0v) is 15.1. The van der Waals surface area contributed by atoms with E-state index in [9.17, 15) is 4.79 Å². The van der Waals surface area contributed by atoms with E-state index in [1.807, 2.05) is 34.7 Å². The lowest BCUT2D eigenvalue weighted by atomic mass is 10.0. The minimum Gasteiger partial charge on any atom is -0.378 e. The second kappa shape index (κ2) is 7.54. The molecule has 0 aliphatic carbocycles. The molecule has 0 N–H and O–H groups in total. The van der Waals surface area contributed by atoms with Gasteiger partial charge in [0.1, 0.15) is 5.01 Å². The summed E-state index contributed by atoms with van der Waals surface area (Å²) in [6.07, 6.45) is 5.05. The van der Waals surface area contributed by atoms with Crippen LogP contribution in [0.5, 0.6) is 0 Å². The van der Waals surface area contributed by atoms with Gasteiger partial charge in [0.25, 0.3) is 5.91 Å². The van der Waals surface area contributed by atoms with Crippen molar-refractivity contribution in [2.45, 2.75) is 25.3 Å². The average molecular weight is 357 g/mol. The van der Waals surface area contributed by atoms with Crippen LogP contribution in [0.4, 0.5) is 5.69 Å². The summed E-state index contributed by atoms with van der Waals surface area (Å²) < 4.78 is 5.46. The first-order valence-corrected chi connectivity index (χ1v) is 9.84. The number of likely N-dealkylation sites (tertiary alicyclic amines) is 1. The van der Waals surface area contributed by atoms with Crippen LogP contribution in [0.3, 0.4) is 0 Å². The number of anilines is 1. The van der Waals surface area contributed by atoms with Crippen LogP contribution in [0.2, 0.25) is 0 Å². The molecule has 1 aromatic carbocycles. The number of para-hydroxylation sites is 1. The summed E-state index contributed by atoms with van der Waals surface area (Å²) in [6.45, 7) is 3.91. The third-order valence-electron chi connectivity index (χ3n) is 4.99. The molecular weight excluding hydrogens is 334 g/mol. The molecule has 2 fully saturated rings. The normalized spacial score (nSPS) is 21.4. The number of thiazole rings is 1. The molecule has 5 nitrogen and oxygen atoms in total. The summed E-state index contributed by atoms with van der Waals surface area (Å²) in [6, 6.07) is 8.09. The molecule has 0 radical (unpaired) electrons. The van der Waals surface area contributed by atoms with Crippen LogP contribution in [0, 0.1) is 0 Å². The molecule has 1 amide bonds. The molecule has 2 aromatic rings. The van der Waals surface area contributed by atoms with Gasteiger partial charge in [-0.1, -0.05) is 12.1 Å². The van der Waals surface area contributed by atoms with E-state index in [0.717, 1.165) is 55.2 Å². The van der Waals surface area contributed by atoms with Crippen molar-refractivity contribution in [2.24, 2.45) is 0 Å². The molecule has 0 spiro atoms. The maximum Gasteiger partial charge on any atom is 0.256 e. The van der Waals surface area contributed by atoms with Crippen LogP contribution in [0.1, 0.15) is 40.7 Å². The van der Waals surface area contributed by atoms with Gasteiger partial charge >= 0.3 is 0 Å². The van der Waals surface area contributed by atoms with E-state index in [1.54, 1.807) is 11.3 Å².